The Morgan fingerprint density at radius 1 is 1.39 bits per heavy atom. The Morgan fingerprint density at radius 2 is 2.17 bits per heavy atom. The SMILES string of the molecule is COC(=O)C1=COCCc2oc3cc(CO)cc(O)c3c(=O)c21. The molecule has 0 unspecified atom stereocenters. The monoisotopic (exact) mass is 318 g/mol. The highest BCUT2D eigenvalue weighted by Gasteiger charge is 2.27. The second kappa shape index (κ2) is 5.77. The number of aliphatic hydroxyl groups is 1. The Hall–Kier alpha value is -2.80. The standard InChI is InChI=1S/C16H14O7/c1-21-16(20)9-7-22-3-2-11-13(9)15(19)14-10(18)4-8(6-17)5-12(14)23-11/h4-5,7,17-18H,2-3,6H2,1H3. The average molecular weight is 318 g/mol. The minimum atomic E-state index is -0.730. The van der Waals surface area contributed by atoms with Crippen molar-refractivity contribution in [3.05, 3.63) is 45.5 Å². The summed E-state index contributed by atoms with van der Waals surface area (Å²) in [6, 6.07) is 2.75. The van der Waals surface area contributed by atoms with E-state index in [1.807, 2.05) is 0 Å². The number of benzene rings is 1. The second-order valence-electron chi connectivity index (χ2n) is 5.02. The summed E-state index contributed by atoms with van der Waals surface area (Å²) in [5.74, 6) is -0.783. The largest absolute Gasteiger partial charge is 0.507 e. The topological polar surface area (TPSA) is 106 Å². The summed E-state index contributed by atoms with van der Waals surface area (Å²) in [5.41, 5.74) is -0.0313. The molecule has 2 N–H and O–H groups in total. The van der Waals surface area contributed by atoms with Gasteiger partial charge in [-0.15, -0.1) is 0 Å². The van der Waals surface area contributed by atoms with E-state index in [0.29, 0.717) is 5.56 Å². The summed E-state index contributed by atoms with van der Waals surface area (Å²) in [4.78, 5) is 24.7. The van der Waals surface area contributed by atoms with Crippen molar-refractivity contribution in [3.8, 4) is 5.75 Å². The molecule has 0 amide bonds. The number of ether oxygens (including phenoxy) is 2. The number of aromatic hydroxyl groups is 1. The van der Waals surface area contributed by atoms with Gasteiger partial charge < -0.3 is 24.1 Å². The summed E-state index contributed by atoms with van der Waals surface area (Å²) < 4.78 is 15.6. The van der Waals surface area contributed by atoms with E-state index in [-0.39, 0.29) is 53.3 Å². The maximum atomic E-state index is 12.8. The van der Waals surface area contributed by atoms with Crippen LogP contribution in [0.4, 0.5) is 0 Å². The first-order chi connectivity index (χ1) is 11.1. The molecule has 23 heavy (non-hydrogen) atoms. The van der Waals surface area contributed by atoms with E-state index >= 15 is 0 Å². The van der Waals surface area contributed by atoms with E-state index in [9.17, 15) is 19.8 Å². The van der Waals surface area contributed by atoms with Crippen LogP contribution in [0.2, 0.25) is 0 Å². The maximum absolute atomic E-state index is 12.8. The Bertz CT molecular complexity index is 876. The van der Waals surface area contributed by atoms with E-state index in [1.165, 1.54) is 25.5 Å². The summed E-state index contributed by atoms with van der Waals surface area (Å²) in [7, 11) is 1.20. The fourth-order valence-corrected chi connectivity index (χ4v) is 2.55. The predicted octanol–water partition coefficient (Wildman–Crippen LogP) is 1.08. The van der Waals surface area contributed by atoms with Crippen molar-refractivity contribution < 1.29 is 28.9 Å². The second-order valence-corrected chi connectivity index (χ2v) is 5.02. The fraction of sp³-hybridized carbons (Fsp3) is 0.250. The normalized spacial score (nSPS) is 13.7. The van der Waals surface area contributed by atoms with Crippen LogP contribution in [0.3, 0.4) is 0 Å². The molecule has 2 heterocycles. The van der Waals surface area contributed by atoms with Crippen molar-refractivity contribution in [2.24, 2.45) is 0 Å². The Kier molecular flexibility index (Phi) is 3.79. The zero-order valence-electron chi connectivity index (χ0n) is 12.3. The summed E-state index contributed by atoms with van der Waals surface area (Å²) in [5, 5.41) is 19.2. The van der Waals surface area contributed by atoms with Crippen LogP contribution in [0.15, 0.2) is 27.6 Å². The predicted molar refractivity (Wildman–Crippen MR) is 79.7 cm³/mol. The number of esters is 1. The number of carbonyl (C=O) groups excluding carboxylic acids is 1. The van der Waals surface area contributed by atoms with Crippen LogP contribution < -0.4 is 5.43 Å². The Morgan fingerprint density at radius 3 is 2.87 bits per heavy atom. The van der Waals surface area contributed by atoms with Crippen LogP contribution in [-0.4, -0.2) is 29.9 Å². The van der Waals surface area contributed by atoms with E-state index < -0.39 is 11.4 Å². The molecule has 0 spiro atoms. The van der Waals surface area contributed by atoms with Gasteiger partial charge in [-0.1, -0.05) is 0 Å². The first-order valence-electron chi connectivity index (χ1n) is 6.89. The molecule has 0 aliphatic carbocycles. The van der Waals surface area contributed by atoms with Crippen LogP contribution >= 0.6 is 0 Å². The minimum Gasteiger partial charge on any atom is -0.507 e. The lowest BCUT2D eigenvalue weighted by Crippen LogP contribution is -2.17. The van der Waals surface area contributed by atoms with Gasteiger partial charge in [0.15, 0.2) is 0 Å². The third-order valence-electron chi connectivity index (χ3n) is 3.61. The molecule has 3 rings (SSSR count). The lowest BCUT2D eigenvalue weighted by atomic mass is 10.0. The van der Waals surface area contributed by atoms with Gasteiger partial charge in [0.25, 0.3) is 0 Å². The van der Waals surface area contributed by atoms with Gasteiger partial charge in [0.2, 0.25) is 5.43 Å². The van der Waals surface area contributed by atoms with E-state index in [0.717, 1.165) is 0 Å². The molecule has 1 aromatic carbocycles. The van der Waals surface area contributed by atoms with Gasteiger partial charge in [0.1, 0.15) is 28.1 Å². The number of hydrogen-bond acceptors (Lipinski definition) is 7. The molecule has 7 nitrogen and oxygen atoms in total. The fourth-order valence-electron chi connectivity index (χ4n) is 2.55. The lowest BCUT2D eigenvalue weighted by molar-refractivity contribution is -0.133. The average Bonchev–Trinajstić information content (AvgIpc) is 2.76. The summed E-state index contributed by atoms with van der Waals surface area (Å²) >= 11 is 0. The van der Waals surface area contributed by atoms with E-state index in [1.54, 1.807) is 0 Å². The van der Waals surface area contributed by atoms with Crippen molar-refractivity contribution in [2.75, 3.05) is 13.7 Å². The molecule has 1 aliphatic rings. The van der Waals surface area contributed by atoms with E-state index in [2.05, 4.69) is 4.74 Å². The van der Waals surface area contributed by atoms with Crippen LogP contribution in [-0.2, 0) is 27.3 Å². The molecule has 0 saturated heterocycles. The first kappa shape index (κ1) is 15.1. The Balaban J connectivity index is 2.37. The molecule has 0 atom stereocenters. The quantitative estimate of drug-likeness (QED) is 0.798. The summed E-state index contributed by atoms with van der Waals surface area (Å²) in [6.45, 7) is -0.0751. The highest BCUT2D eigenvalue weighted by molar-refractivity contribution is 6.17. The third kappa shape index (κ3) is 2.44. The number of rotatable bonds is 2. The number of phenolic OH excluding ortho intramolecular Hbond substituents is 1. The number of phenols is 1. The zero-order valence-corrected chi connectivity index (χ0v) is 12.3. The number of carbonyl (C=O) groups is 1. The van der Waals surface area contributed by atoms with E-state index in [4.69, 9.17) is 9.15 Å². The molecular weight excluding hydrogens is 304 g/mol. The highest BCUT2D eigenvalue weighted by atomic mass is 16.5. The highest BCUT2D eigenvalue weighted by Crippen LogP contribution is 2.30. The van der Waals surface area contributed by atoms with Gasteiger partial charge in [-0.25, -0.2) is 4.79 Å². The van der Waals surface area contributed by atoms with Crippen molar-refractivity contribution >= 4 is 22.5 Å². The van der Waals surface area contributed by atoms with Gasteiger partial charge in [-0.05, 0) is 17.7 Å². The number of fused-ring (bicyclic) bond motifs is 2. The number of hydrogen-bond donors (Lipinski definition) is 2. The van der Waals surface area contributed by atoms with Crippen LogP contribution in [0.5, 0.6) is 5.75 Å². The first-order valence-corrected chi connectivity index (χ1v) is 6.89. The summed E-state index contributed by atoms with van der Waals surface area (Å²) in [6.07, 6.45) is 1.45. The molecule has 0 bridgehead atoms. The third-order valence-corrected chi connectivity index (χ3v) is 3.61. The van der Waals surface area contributed by atoms with Gasteiger partial charge in [0.05, 0.1) is 32.1 Å². The number of aliphatic hydroxyl groups excluding tert-OH is 1. The van der Waals surface area contributed by atoms with Gasteiger partial charge in [-0.2, -0.15) is 0 Å². The molecule has 0 saturated carbocycles. The maximum Gasteiger partial charge on any atom is 0.341 e. The van der Waals surface area contributed by atoms with Gasteiger partial charge in [-0.3, -0.25) is 4.79 Å². The zero-order chi connectivity index (χ0) is 16.6. The Labute approximate surface area is 130 Å². The van der Waals surface area contributed by atoms with Crippen molar-refractivity contribution in [1.82, 2.24) is 0 Å². The van der Waals surface area contributed by atoms with Crippen molar-refractivity contribution in [3.63, 3.8) is 0 Å². The molecule has 1 aliphatic heterocycles. The van der Waals surface area contributed by atoms with Crippen LogP contribution in [0.25, 0.3) is 16.5 Å². The molecular formula is C16H14O7. The minimum absolute atomic E-state index is 0.0221. The van der Waals surface area contributed by atoms with Crippen molar-refractivity contribution in [2.45, 2.75) is 13.0 Å². The van der Waals surface area contributed by atoms with Gasteiger partial charge in [0, 0.05) is 6.42 Å². The molecule has 2 aromatic rings. The van der Waals surface area contributed by atoms with Crippen LogP contribution in [0, 0.1) is 0 Å². The molecule has 0 radical (unpaired) electrons. The lowest BCUT2D eigenvalue weighted by Gasteiger charge is -2.10. The molecule has 0 fully saturated rings. The molecule has 120 valence electrons. The van der Waals surface area contributed by atoms with Crippen LogP contribution in [0.1, 0.15) is 16.9 Å². The van der Waals surface area contributed by atoms with Gasteiger partial charge >= 0.3 is 5.97 Å². The molecule has 7 heteroatoms. The smallest absolute Gasteiger partial charge is 0.341 e. The van der Waals surface area contributed by atoms with Crippen molar-refractivity contribution in [1.29, 1.82) is 0 Å². The molecule has 1 aromatic heterocycles. The number of methoxy groups -OCH3 is 1.